The molecule has 2 aromatic rings. The Morgan fingerprint density at radius 1 is 1.25 bits per heavy atom. The summed E-state index contributed by atoms with van der Waals surface area (Å²) in [4.78, 5) is 26.1. The molecule has 0 bridgehead atoms. The first-order valence-corrected chi connectivity index (χ1v) is 11.6. The molecule has 0 spiro atoms. The van der Waals surface area contributed by atoms with Crippen molar-refractivity contribution >= 4 is 11.9 Å². The summed E-state index contributed by atoms with van der Waals surface area (Å²) in [6.45, 7) is 1.26. The van der Waals surface area contributed by atoms with Gasteiger partial charge in [0.2, 0.25) is 11.9 Å². The molecule has 1 N–H and O–H groups in total. The molecule has 7 heteroatoms. The molecule has 4 rings (SSSR count). The Hall–Kier alpha value is -2.54. The topological polar surface area (TPSA) is 69.6 Å². The summed E-state index contributed by atoms with van der Waals surface area (Å²) in [5, 5.41) is 10.9. The fourth-order valence-corrected chi connectivity index (χ4v) is 5.00. The van der Waals surface area contributed by atoms with Crippen LogP contribution in [-0.2, 0) is 4.79 Å². The van der Waals surface area contributed by atoms with Gasteiger partial charge < -0.3 is 14.9 Å². The quantitative estimate of drug-likeness (QED) is 0.757. The van der Waals surface area contributed by atoms with Gasteiger partial charge in [0.05, 0.1) is 17.7 Å². The van der Waals surface area contributed by atoms with Crippen molar-refractivity contribution in [1.29, 1.82) is 0 Å². The van der Waals surface area contributed by atoms with Crippen molar-refractivity contribution in [1.82, 2.24) is 14.9 Å². The van der Waals surface area contributed by atoms with Crippen LogP contribution in [-0.4, -0.2) is 58.7 Å². The first kappa shape index (κ1) is 22.6. The van der Waals surface area contributed by atoms with E-state index in [1.54, 1.807) is 12.3 Å². The number of likely N-dealkylation sites (tertiary alicyclic amines) is 1. The number of hydrogen-bond donors (Lipinski definition) is 1. The second-order valence-electron chi connectivity index (χ2n) is 9.51. The van der Waals surface area contributed by atoms with Gasteiger partial charge in [-0.3, -0.25) is 4.79 Å². The van der Waals surface area contributed by atoms with Gasteiger partial charge in [0, 0.05) is 44.9 Å². The minimum atomic E-state index is -0.859. The Morgan fingerprint density at radius 2 is 2.03 bits per heavy atom. The Morgan fingerprint density at radius 3 is 2.75 bits per heavy atom. The van der Waals surface area contributed by atoms with Gasteiger partial charge in [-0.25, -0.2) is 14.4 Å². The van der Waals surface area contributed by atoms with E-state index in [2.05, 4.69) is 4.98 Å². The lowest BCUT2D eigenvalue weighted by molar-refractivity contribution is -0.139. The Bertz CT molecular complexity index is 959. The number of rotatable bonds is 5. The van der Waals surface area contributed by atoms with Crippen LogP contribution in [0.2, 0.25) is 0 Å². The fraction of sp³-hybridized carbons (Fsp3) is 0.560. The summed E-state index contributed by atoms with van der Waals surface area (Å²) in [7, 11) is 3.78. The number of aliphatic hydroxyl groups is 1. The predicted molar refractivity (Wildman–Crippen MR) is 123 cm³/mol. The molecule has 1 saturated heterocycles. The van der Waals surface area contributed by atoms with E-state index in [-0.39, 0.29) is 24.1 Å². The van der Waals surface area contributed by atoms with E-state index in [9.17, 15) is 14.3 Å². The zero-order valence-corrected chi connectivity index (χ0v) is 19.1. The van der Waals surface area contributed by atoms with Gasteiger partial charge in [-0.05, 0) is 43.4 Å². The van der Waals surface area contributed by atoms with Gasteiger partial charge in [0.1, 0.15) is 5.82 Å². The van der Waals surface area contributed by atoms with Gasteiger partial charge in [-0.1, -0.05) is 31.4 Å². The lowest BCUT2D eigenvalue weighted by atomic mass is 9.82. The molecule has 1 unspecified atom stereocenters. The zero-order chi connectivity index (χ0) is 22.7. The van der Waals surface area contributed by atoms with Crippen molar-refractivity contribution in [2.45, 2.75) is 62.9 Å². The van der Waals surface area contributed by atoms with E-state index in [0.717, 1.165) is 48.9 Å². The molecule has 1 atom stereocenters. The van der Waals surface area contributed by atoms with Gasteiger partial charge in [-0.2, -0.15) is 0 Å². The van der Waals surface area contributed by atoms with Crippen LogP contribution in [0.1, 0.15) is 63.0 Å². The van der Waals surface area contributed by atoms with E-state index in [1.165, 1.54) is 12.1 Å². The van der Waals surface area contributed by atoms with Crippen LogP contribution >= 0.6 is 0 Å². The van der Waals surface area contributed by atoms with Crippen LogP contribution in [0.3, 0.4) is 0 Å². The second-order valence-corrected chi connectivity index (χ2v) is 9.51. The van der Waals surface area contributed by atoms with Crippen LogP contribution < -0.4 is 4.90 Å². The smallest absolute Gasteiger partial charge is 0.225 e. The minimum absolute atomic E-state index is 0.0216. The molecule has 32 heavy (non-hydrogen) atoms. The molecular formula is C25H33FN4O2. The molecule has 1 aromatic carbocycles. The minimum Gasteiger partial charge on any atom is -0.389 e. The lowest BCUT2D eigenvalue weighted by Crippen LogP contribution is -2.44. The van der Waals surface area contributed by atoms with E-state index >= 15 is 0 Å². The predicted octanol–water partition coefficient (Wildman–Crippen LogP) is 4.14. The number of carbonyl (C=O) groups excluding carboxylic acids is 1. The summed E-state index contributed by atoms with van der Waals surface area (Å²) in [5.41, 5.74) is 1.54. The van der Waals surface area contributed by atoms with Crippen molar-refractivity contribution in [3.05, 3.63) is 42.0 Å². The number of carbonyl (C=O) groups is 1. The molecule has 1 amide bonds. The number of halogens is 1. The summed E-state index contributed by atoms with van der Waals surface area (Å²) in [6.07, 6.45) is 8.25. The molecule has 172 valence electrons. The van der Waals surface area contributed by atoms with Gasteiger partial charge in [-0.15, -0.1) is 0 Å². The maximum Gasteiger partial charge on any atom is 0.225 e. The normalized spacial score (nSPS) is 20.8. The van der Waals surface area contributed by atoms with Crippen LogP contribution in [0.5, 0.6) is 0 Å². The number of hydrogen-bond acceptors (Lipinski definition) is 5. The SMILES string of the molecule is CN(C)c1ncc(-c2cccc(F)c2)c(C2CCCN(C(=O)CC3(O)CCCCC3)C2)n1. The third kappa shape index (κ3) is 5.09. The van der Waals surface area contributed by atoms with E-state index < -0.39 is 5.60 Å². The van der Waals surface area contributed by atoms with E-state index in [0.29, 0.717) is 31.9 Å². The molecule has 1 aliphatic heterocycles. The number of anilines is 1. The van der Waals surface area contributed by atoms with Gasteiger partial charge >= 0.3 is 0 Å². The summed E-state index contributed by atoms with van der Waals surface area (Å²) in [5.74, 6) is 0.355. The highest BCUT2D eigenvalue weighted by molar-refractivity contribution is 5.77. The first-order chi connectivity index (χ1) is 15.3. The number of nitrogens with zero attached hydrogens (tertiary/aromatic N) is 4. The molecule has 2 aliphatic rings. The molecule has 1 aromatic heterocycles. The van der Waals surface area contributed by atoms with Crippen molar-refractivity contribution in [2.24, 2.45) is 0 Å². The van der Waals surface area contributed by atoms with Crippen LogP contribution in [0.4, 0.5) is 10.3 Å². The molecule has 6 nitrogen and oxygen atoms in total. The monoisotopic (exact) mass is 440 g/mol. The fourth-order valence-electron chi connectivity index (χ4n) is 5.00. The zero-order valence-electron chi connectivity index (χ0n) is 19.1. The van der Waals surface area contributed by atoms with Crippen LogP contribution in [0.25, 0.3) is 11.1 Å². The largest absolute Gasteiger partial charge is 0.389 e. The van der Waals surface area contributed by atoms with E-state index in [1.807, 2.05) is 30.0 Å². The number of aromatic nitrogens is 2. The Kier molecular flexibility index (Phi) is 6.74. The van der Waals surface area contributed by atoms with Gasteiger partial charge in [0.15, 0.2) is 0 Å². The summed E-state index contributed by atoms with van der Waals surface area (Å²) in [6, 6.07) is 6.48. The maximum atomic E-state index is 13.9. The van der Waals surface area contributed by atoms with Crippen molar-refractivity contribution in [2.75, 3.05) is 32.1 Å². The molecule has 2 heterocycles. The second kappa shape index (κ2) is 9.53. The molecule has 0 radical (unpaired) electrons. The van der Waals surface area contributed by atoms with Crippen molar-refractivity contribution in [3.8, 4) is 11.1 Å². The lowest BCUT2D eigenvalue weighted by Gasteiger charge is -2.37. The third-order valence-electron chi connectivity index (χ3n) is 6.77. The number of benzene rings is 1. The summed E-state index contributed by atoms with van der Waals surface area (Å²) < 4.78 is 13.9. The first-order valence-electron chi connectivity index (χ1n) is 11.6. The highest BCUT2D eigenvalue weighted by Gasteiger charge is 2.35. The average molecular weight is 441 g/mol. The third-order valence-corrected chi connectivity index (χ3v) is 6.77. The molecule has 1 aliphatic carbocycles. The molecular weight excluding hydrogens is 407 g/mol. The Labute approximate surface area is 189 Å². The van der Waals surface area contributed by atoms with Crippen molar-refractivity contribution < 1.29 is 14.3 Å². The standard InChI is InChI=1S/C25H33FN4O2/c1-29(2)24-27-16-21(18-8-6-10-20(26)14-18)23(28-24)19-9-7-13-30(17-19)22(31)15-25(32)11-4-3-5-12-25/h6,8,10,14,16,19,32H,3-5,7,9,11-13,15,17H2,1-2H3. The van der Waals surface area contributed by atoms with Crippen molar-refractivity contribution in [3.63, 3.8) is 0 Å². The van der Waals surface area contributed by atoms with E-state index in [4.69, 9.17) is 4.98 Å². The molecule has 2 fully saturated rings. The Balaban J connectivity index is 1.59. The van der Waals surface area contributed by atoms with Crippen LogP contribution in [0, 0.1) is 5.82 Å². The summed E-state index contributed by atoms with van der Waals surface area (Å²) >= 11 is 0. The van der Waals surface area contributed by atoms with Crippen LogP contribution in [0.15, 0.2) is 30.5 Å². The number of amides is 1. The van der Waals surface area contributed by atoms with Gasteiger partial charge in [0.25, 0.3) is 0 Å². The highest BCUT2D eigenvalue weighted by Crippen LogP contribution is 2.36. The average Bonchev–Trinajstić information content (AvgIpc) is 2.79. The maximum absolute atomic E-state index is 13.9. The highest BCUT2D eigenvalue weighted by atomic mass is 19.1. The molecule has 1 saturated carbocycles. The number of piperidine rings is 1.